The van der Waals surface area contributed by atoms with Gasteiger partial charge in [-0.1, -0.05) is 19.4 Å². The second-order valence-corrected chi connectivity index (χ2v) is 10.8. The van der Waals surface area contributed by atoms with Gasteiger partial charge in [0.25, 0.3) is 0 Å². The van der Waals surface area contributed by atoms with Gasteiger partial charge >= 0.3 is 10.2 Å². The fraction of sp³-hybridized carbons (Fsp3) is 0.250. The van der Waals surface area contributed by atoms with Gasteiger partial charge in [-0.3, -0.25) is 9.78 Å². The number of hydrogen-bond acceptors (Lipinski definition) is 6. The first-order valence-corrected chi connectivity index (χ1v) is 13.6. The zero-order chi connectivity index (χ0) is 27.2. The number of halogens is 1. The molecule has 5 rings (SSSR count). The minimum absolute atomic E-state index is 0.0838. The molecule has 194 valence electrons. The zero-order valence-corrected chi connectivity index (χ0v) is 21.9. The highest BCUT2D eigenvalue weighted by Crippen LogP contribution is 2.37. The smallest absolute Gasteiger partial charge is 0.333 e. The van der Waals surface area contributed by atoms with Crippen LogP contribution in [-0.2, 0) is 10.2 Å². The van der Waals surface area contributed by atoms with Gasteiger partial charge in [0.2, 0.25) is 0 Å². The van der Waals surface area contributed by atoms with Crippen molar-refractivity contribution >= 4 is 43.1 Å². The van der Waals surface area contributed by atoms with Crippen LogP contribution in [0.2, 0.25) is 0 Å². The predicted octanol–water partition coefficient (Wildman–Crippen LogP) is 5.99. The van der Waals surface area contributed by atoms with Gasteiger partial charge in [-0.2, -0.15) is 13.7 Å². The maximum Gasteiger partial charge on any atom is 0.333 e. The van der Waals surface area contributed by atoms with Crippen molar-refractivity contribution in [3.63, 3.8) is 0 Å². The Hall–Kier alpha value is -4.23. The lowest BCUT2D eigenvalue weighted by Gasteiger charge is -2.19. The van der Waals surface area contributed by atoms with E-state index in [4.69, 9.17) is 4.74 Å². The molecule has 0 aliphatic heterocycles. The number of nitriles is 1. The highest BCUT2D eigenvalue weighted by Gasteiger charge is 2.22. The van der Waals surface area contributed by atoms with E-state index < -0.39 is 15.1 Å². The van der Waals surface area contributed by atoms with E-state index >= 15 is 0 Å². The standard InChI is InChI=1S/C28H25FN4O4S/c1-4-5-8-37-25-12-22-24(11-21(25)18-10-19(15-31-14-18)38(29,35)36)33(16(2)3)28-26(27(22)34)20-7-6-17(13-30)9-23(20)32-28/h6-7,9-12,14-16,32H,4-5,8H2,1-3H3. The molecular weight excluding hydrogens is 507 g/mol. The average Bonchev–Trinajstić information content (AvgIpc) is 3.26. The number of benzene rings is 2. The minimum atomic E-state index is -4.97. The molecule has 38 heavy (non-hydrogen) atoms. The Balaban J connectivity index is 1.89. The molecule has 0 aliphatic carbocycles. The van der Waals surface area contributed by atoms with E-state index in [1.165, 1.54) is 12.3 Å². The van der Waals surface area contributed by atoms with E-state index in [2.05, 4.69) is 16.0 Å². The van der Waals surface area contributed by atoms with Crippen molar-refractivity contribution < 1.29 is 17.0 Å². The predicted molar refractivity (Wildman–Crippen MR) is 145 cm³/mol. The molecule has 0 amide bonds. The highest BCUT2D eigenvalue weighted by molar-refractivity contribution is 7.86. The Morgan fingerprint density at radius 3 is 2.63 bits per heavy atom. The van der Waals surface area contributed by atoms with Crippen LogP contribution in [0.15, 0.2) is 58.5 Å². The summed E-state index contributed by atoms with van der Waals surface area (Å²) in [4.78, 5) is 20.6. The van der Waals surface area contributed by atoms with Crippen molar-refractivity contribution in [2.24, 2.45) is 0 Å². The molecule has 0 saturated carbocycles. The number of unbranched alkanes of at least 4 members (excludes halogenated alkanes) is 1. The molecule has 5 aromatic rings. The highest BCUT2D eigenvalue weighted by atomic mass is 32.3. The number of fused-ring (bicyclic) bond motifs is 4. The first-order chi connectivity index (χ1) is 18.1. The van der Waals surface area contributed by atoms with Gasteiger partial charge in [-0.15, -0.1) is 3.89 Å². The van der Waals surface area contributed by atoms with Crippen molar-refractivity contribution in [2.45, 2.75) is 44.6 Å². The number of aromatic amines is 1. The summed E-state index contributed by atoms with van der Waals surface area (Å²) < 4.78 is 45.0. The third-order valence-electron chi connectivity index (χ3n) is 6.56. The molecule has 1 N–H and O–H groups in total. The largest absolute Gasteiger partial charge is 0.493 e. The molecule has 0 aliphatic rings. The second-order valence-electron chi connectivity index (χ2n) is 9.43. The van der Waals surface area contributed by atoms with Crippen molar-refractivity contribution in [2.75, 3.05) is 6.61 Å². The van der Waals surface area contributed by atoms with Crippen molar-refractivity contribution in [1.29, 1.82) is 5.26 Å². The number of nitrogens with one attached hydrogen (secondary N) is 1. The van der Waals surface area contributed by atoms with Gasteiger partial charge in [-0.25, -0.2) is 0 Å². The number of aromatic nitrogens is 3. The van der Waals surface area contributed by atoms with Crippen LogP contribution in [0.1, 0.15) is 45.2 Å². The van der Waals surface area contributed by atoms with Crippen LogP contribution in [0.4, 0.5) is 3.89 Å². The van der Waals surface area contributed by atoms with E-state index in [9.17, 15) is 22.4 Å². The van der Waals surface area contributed by atoms with E-state index in [0.29, 0.717) is 61.9 Å². The van der Waals surface area contributed by atoms with Crippen LogP contribution in [-0.4, -0.2) is 29.6 Å². The molecule has 0 atom stereocenters. The Bertz CT molecular complexity index is 1930. The summed E-state index contributed by atoms with van der Waals surface area (Å²) in [5.41, 5.74) is 2.97. The number of rotatable bonds is 7. The van der Waals surface area contributed by atoms with Gasteiger partial charge in [0.05, 0.1) is 34.5 Å². The van der Waals surface area contributed by atoms with Crippen LogP contribution in [0.5, 0.6) is 5.75 Å². The van der Waals surface area contributed by atoms with Crippen molar-refractivity contribution in [3.05, 3.63) is 64.6 Å². The number of ether oxygens (including phenoxy) is 1. The molecule has 0 unspecified atom stereocenters. The fourth-order valence-electron chi connectivity index (χ4n) is 4.78. The molecule has 0 fully saturated rings. The molecule has 0 spiro atoms. The third kappa shape index (κ3) is 4.29. The molecular formula is C28H25FN4O4S. The summed E-state index contributed by atoms with van der Waals surface area (Å²) in [6.07, 6.45) is 4.05. The average molecular weight is 533 g/mol. The summed E-state index contributed by atoms with van der Waals surface area (Å²) in [5, 5.41) is 11.0. The maximum atomic E-state index is 13.9. The van der Waals surface area contributed by atoms with E-state index in [1.54, 1.807) is 30.3 Å². The van der Waals surface area contributed by atoms with Gasteiger partial charge in [0.1, 0.15) is 16.3 Å². The Kier molecular flexibility index (Phi) is 6.41. The molecule has 2 aromatic carbocycles. The fourth-order valence-corrected chi connectivity index (χ4v) is 5.23. The van der Waals surface area contributed by atoms with E-state index in [0.717, 1.165) is 19.0 Å². The Morgan fingerprint density at radius 2 is 1.95 bits per heavy atom. The molecule has 0 bridgehead atoms. The van der Waals surface area contributed by atoms with Crippen LogP contribution in [0.25, 0.3) is 44.0 Å². The third-order valence-corrected chi connectivity index (χ3v) is 7.34. The molecule has 3 heterocycles. The zero-order valence-electron chi connectivity index (χ0n) is 21.1. The minimum Gasteiger partial charge on any atom is -0.493 e. The van der Waals surface area contributed by atoms with Crippen LogP contribution < -0.4 is 10.2 Å². The summed E-state index contributed by atoms with van der Waals surface area (Å²) in [6, 6.07) is 11.8. The summed E-state index contributed by atoms with van der Waals surface area (Å²) in [5.74, 6) is 0.375. The van der Waals surface area contributed by atoms with Crippen molar-refractivity contribution in [3.8, 4) is 22.9 Å². The normalized spacial score (nSPS) is 12.0. The van der Waals surface area contributed by atoms with Crippen LogP contribution >= 0.6 is 0 Å². The molecule has 8 nitrogen and oxygen atoms in total. The molecule has 0 radical (unpaired) electrons. The van der Waals surface area contributed by atoms with Gasteiger partial charge < -0.3 is 14.3 Å². The lowest BCUT2D eigenvalue weighted by atomic mass is 10.0. The van der Waals surface area contributed by atoms with Gasteiger partial charge in [0.15, 0.2) is 5.43 Å². The number of hydrogen-bond donors (Lipinski definition) is 1. The quantitative estimate of drug-likeness (QED) is 0.203. The van der Waals surface area contributed by atoms with E-state index in [-0.39, 0.29) is 11.5 Å². The van der Waals surface area contributed by atoms with Crippen molar-refractivity contribution in [1.82, 2.24) is 14.5 Å². The second kappa shape index (κ2) is 9.58. The monoisotopic (exact) mass is 532 g/mol. The maximum absolute atomic E-state index is 13.9. The molecule has 10 heteroatoms. The lowest BCUT2D eigenvalue weighted by molar-refractivity contribution is 0.311. The van der Waals surface area contributed by atoms with E-state index in [1.807, 2.05) is 25.3 Å². The molecule has 0 saturated heterocycles. The SMILES string of the molecule is CCCCOc1cc2c(=O)c3c4ccc(C#N)cc4[nH]c3n(C(C)C)c2cc1-c1cncc(S(=O)(=O)F)c1. The van der Waals surface area contributed by atoms with Crippen LogP contribution in [0, 0.1) is 11.3 Å². The van der Waals surface area contributed by atoms with Crippen LogP contribution in [0.3, 0.4) is 0 Å². The number of H-pyrrole nitrogens is 1. The first kappa shape index (κ1) is 25.4. The lowest BCUT2D eigenvalue weighted by Crippen LogP contribution is -2.13. The molecule has 3 aromatic heterocycles. The van der Waals surface area contributed by atoms with Gasteiger partial charge in [-0.05, 0) is 50.6 Å². The summed E-state index contributed by atoms with van der Waals surface area (Å²) in [6.45, 7) is 6.38. The summed E-state index contributed by atoms with van der Waals surface area (Å²) >= 11 is 0. The topological polar surface area (TPSA) is 118 Å². The number of nitrogens with zero attached hydrogens (tertiary/aromatic N) is 3. The first-order valence-electron chi connectivity index (χ1n) is 12.2. The summed E-state index contributed by atoms with van der Waals surface area (Å²) in [7, 11) is -4.97. The Morgan fingerprint density at radius 1 is 1.16 bits per heavy atom. The van der Waals surface area contributed by atoms with Gasteiger partial charge in [0, 0.05) is 40.5 Å². The Labute approximate surface area is 218 Å². The number of pyridine rings is 2.